The molecule has 3 rings (SSSR count). The van der Waals surface area contributed by atoms with E-state index in [0.717, 1.165) is 30.1 Å². The number of ketones is 1. The van der Waals surface area contributed by atoms with E-state index in [1.807, 2.05) is 37.3 Å². The van der Waals surface area contributed by atoms with E-state index in [-0.39, 0.29) is 18.2 Å². The molecule has 0 saturated carbocycles. The number of amides is 1. The Balaban J connectivity index is 1.66. The number of benzene rings is 1. The summed E-state index contributed by atoms with van der Waals surface area (Å²) < 4.78 is 0. The Morgan fingerprint density at radius 1 is 1.21 bits per heavy atom. The minimum absolute atomic E-state index is 0.0513. The molecule has 1 aromatic carbocycles. The zero-order valence-corrected chi connectivity index (χ0v) is 13.6. The largest absolute Gasteiger partial charge is 0.312 e. The van der Waals surface area contributed by atoms with Crippen LogP contribution in [0.4, 0.5) is 5.69 Å². The molecule has 0 bridgehead atoms. The number of aliphatic imine (C=N–C) groups is 1. The lowest BCUT2D eigenvalue weighted by atomic mass is 10.1. The van der Waals surface area contributed by atoms with Gasteiger partial charge in [-0.05, 0) is 49.7 Å². The van der Waals surface area contributed by atoms with E-state index in [2.05, 4.69) is 9.98 Å². The maximum atomic E-state index is 12.3. The van der Waals surface area contributed by atoms with E-state index in [0.29, 0.717) is 12.0 Å². The molecule has 0 radical (unpaired) electrons. The molecule has 0 unspecified atom stereocenters. The molecule has 5 heteroatoms. The fraction of sp³-hybridized carbons (Fsp3) is 0.263. The van der Waals surface area contributed by atoms with Crippen LogP contribution in [0, 0.1) is 0 Å². The average molecular weight is 321 g/mol. The van der Waals surface area contributed by atoms with Gasteiger partial charge in [-0.2, -0.15) is 0 Å². The van der Waals surface area contributed by atoms with Gasteiger partial charge in [0.15, 0.2) is 5.78 Å². The summed E-state index contributed by atoms with van der Waals surface area (Å²) in [5.41, 5.74) is 2.96. The molecule has 1 aromatic heterocycles. The normalized spacial score (nSPS) is 15.0. The van der Waals surface area contributed by atoms with Crippen molar-refractivity contribution in [2.45, 2.75) is 19.8 Å². The molecular weight excluding hydrogens is 302 g/mol. The summed E-state index contributed by atoms with van der Waals surface area (Å²) in [6.07, 6.45) is 3.19. The number of carbonyl (C=O) groups excluding carboxylic acids is 2. The van der Waals surface area contributed by atoms with Gasteiger partial charge in [0, 0.05) is 30.4 Å². The summed E-state index contributed by atoms with van der Waals surface area (Å²) >= 11 is 0. The van der Waals surface area contributed by atoms with Gasteiger partial charge in [-0.1, -0.05) is 6.07 Å². The summed E-state index contributed by atoms with van der Waals surface area (Å²) in [6.45, 7) is 2.68. The Morgan fingerprint density at radius 3 is 2.62 bits per heavy atom. The lowest BCUT2D eigenvalue weighted by Gasteiger charge is -2.15. The SMILES string of the molecule is C/C(=N\CC(=O)c1ccc(N2CCCC2=O)cc1)c1ccccn1. The van der Waals surface area contributed by atoms with Crippen molar-refractivity contribution >= 4 is 23.1 Å². The first-order chi connectivity index (χ1) is 11.6. The molecule has 1 aliphatic heterocycles. The van der Waals surface area contributed by atoms with Crippen molar-refractivity contribution in [1.29, 1.82) is 0 Å². The van der Waals surface area contributed by atoms with Gasteiger partial charge >= 0.3 is 0 Å². The number of pyridine rings is 1. The predicted molar refractivity (Wildman–Crippen MR) is 93.7 cm³/mol. The van der Waals surface area contributed by atoms with Crippen LogP contribution in [0.25, 0.3) is 0 Å². The fourth-order valence-electron chi connectivity index (χ4n) is 2.69. The van der Waals surface area contributed by atoms with E-state index in [1.54, 1.807) is 23.2 Å². The second-order valence-corrected chi connectivity index (χ2v) is 5.74. The Morgan fingerprint density at radius 2 is 2.00 bits per heavy atom. The molecule has 2 heterocycles. The highest BCUT2D eigenvalue weighted by Crippen LogP contribution is 2.21. The van der Waals surface area contributed by atoms with Gasteiger partial charge in [-0.15, -0.1) is 0 Å². The molecule has 2 aromatic rings. The molecule has 1 fully saturated rings. The molecule has 5 nitrogen and oxygen atoms in total. The summed E-state index contributed by atoms with van der Waals surface area (Å²) in [6, 6.07) is 12.8. The van der Waals surface area contributed by atoms with Gasteiger partial charge in [-0.3, -0.25) is 19.6 Å². The monoisotopic (exact) mass is 321 g/mol. The average Bonchev–Trinajstić information content (AvgIpc) is 3.06. The van der Waals surface area contributed by atoms with Crippen LogP contribution in [-0.2, 0) is 4.79 Å². The molecule has 1 aliphatic rings. The van der Waals surface area contributed by atoms with Gasteiger partial charge in [0.1, 0.15) is 6.54 Å². The third kappa shape index (κ3) is 3.56. The number of nitrogens with zero attached hydrogens (tertiary/aromatic N) is 3. The van der Waals surface area contributed by atoms with Crippen molar-refractivity contribution in [2.24, 2.45) is 4.99 Å². The minimum atomic E-state index is -0.0513. The zero-order valence-electron chi connectivity index (χ0n) is 13.6. The van der Waals surface area contributed by atoms with Gasteiger partial charge in [0.2, 0.25) is 5.91 Å². The van der Waals surface area contributed by atoms with E-state index < -0.39 is 0 Å². The maximum absolute atomic E-state index is 12.3. The van der Waals surface area contributed by atoms with Crippen LogP contribution in [0.1, 0.15) is 35.8 Å². The number of carbonyl (C=O) groups is 2. The Hall–Kier alpha value is -2.82. The van der Waals surface area contributed by atoms with Crippen molar-refractivity contribution < 1.29 is 9.59 Å². The minimum Gasteiger partial charge on any atom is -0.312 e. The summed E-state index contributed by atoms with van der Waals surface area (Å²) in [4.78, 5) is 34.3. The highest BCUT2D eigenvalue weighted by molar-refractivity contribution is 6.02. The van der Waals surface area contributed by atoms with Gasteiger partial charge in [-0.25, -0.2) is 0 Å². The summed E-state index contributed by atoms with van der Waals surface area (Å²) in [7, 11) is 0. The number of hydrogen-bond acceptors (Lipinski definition) is 4. The smallest absolute Gasteiger partial charge is 0.227 e. The van der Waals surface area contributed by atoms with E-state index in [1.165, 1.54) is 0 Å². The van der Waals surface area contributed by atoms with E-state index in [9.17, 15) is 9.59 Å². The summed E-state index contributed by atoms with van der Waals surface area (Å²) in [5.74, 6) is 0.0919. The van der Waals surface area contributed by atoms with E-state index >= 15 is 0 Å². The molecule has 0 aliphatic carbocycles. The molecule has 0 atom stereocenters. The van der Waals surface area contributed by atoms with Crippen molar-refractivity contribution in [3.8, 4) is 0 Å². The van der Waals surface area contributed by atoms with Crippen molar-refractivity contribution in [1.82, 2.24) is 4.98 Å². The predicted octanol–water partition coefficient (Wildman–Crippen LogP) is 2.90. The zero-order chi connectivity index (χ0) is 16.9. The first-order valence-corrected chi connectivity index (χ1v) is 8.01. The first-order valence-electron chi connectivity index (χ1n) is 8.01. The maximum Gasteiger partial charge on any atom is 0.227 e. The second kappa shape index (κ2) is 7.17. The van der Waals surface area contributed by atoms with Crippen molar-refractivity contribution in [2.75, 3.05) is 18.0 Å². The Labute approximate surface area is 141 Å². The fourth-order valence-corrected chi connectivity index (χ4v) is 2.69. The molecule has 1 saturated heterocycles. The Kier molecular flexibility index (Phi) is 4.79. The van der Waals surface area contributed by atoms with E-state index in [4.69, 9.17) is 0 Å². The molecule has 0 N–H and O–H groups in total. The Bertz CT molecular complexity index is 767. The third-order valence-electron chi connectivity index (χ3n) is 4.07. The first kappa shape index (κ1) is 16.1. The highest BCUT2D eigenvalue weighted by atomic mass is 16.2. The summed E-state index contributed by atoms with van der Waals surface area (Å²) in [5, 5.41) is 0. The van der Waals surface area contributed by atoms with Crippen molar-refractivity contribution in [3.63, 3.8) is 0 Å². The molecule has 0 spiro atoms. The van der Waals surface area contributed by atoms with Crippen LogP contribution in [0.15, 0.2) is 53.7 Å². The van der Waals surface area contributed by atoms with Crippen LogP contribution in [0.2, 0.25) is 0 Å². The molecule has 24 heavy (non-hydrogen) atoms. The van der Waals surface area contributed by atoms with Crippen LogP contribution in [0.3, 0.4) is 0 Å². The van der Waals surface area contributed by atoms with Crippen LogP contribution < -0.4 is 4.90 Å². The van der Waals surface area contributed by atoms with Gasteiger partial charge < -0.3 is 4.90 Å². The molecular formula is C19H19N3O2. The molecule has 1 amide bonds. The van der Waals surface area contributed by atoms with Crippen molar-refractivity contribution in [3.05, 3.63) is 59.9 Å². The highest BCUT2D eigenvalue weighted by Gasteiger charge is 2.21. The number of aromatic nitrogens is 1. The number of rotatable bonds is 5. The van der Waals surface area contributed by atoms with Crippen LogP contribution in [-0.4, -0.2) is 35.5 Å². The topological polar surface area (TPSA) is 62.6 Å². The van der Waals surface area contributed by atoms with Crippen LogP contribution >= 0.6 is 0 Å². The number of hydrogen-bond donors (Lipinski definition) is 0. The lowest BCUT2D eigenvalue weighted by Crippen LogP contribution is -2.23. The number of Topliss-reactive ketones (excluding diaryl/α,β-unsaturated/α-hetero) is 1. The lowest BCUT2D eigenvalue weighted by molar-refractivity contribution is -0.117. The number of anilines is 1. The van der Waals surface area contributed by atoms with Gasteiger partial charge in [0.25, 0.3) is 0 Å². The standard InChI is InChI=1S/C19H19N3O2/c1-14(17-5-2-3-11-20-17)21-13-18(23)15-7-9-16(10-8-15)22-12-4-6-19(22)24/h2-3,5,7-11H,4,6,12-13H2,1H3/b21-14+. The van der Waals surface area contributed by atoms with Crippen LogP contribution in [0.5, 0.6) is 0 Å². The third-order valence-corrected chi connectivity index (χ3v) is 4.07. The van der Waals surface area contributed by atoms with Gasteiger partial charge in [0.05, 0.1) is 11.4 Å². The quantitative estimate of drug-likeness (QED) is 0.628. The molecule has 122 valence electrons. The second-order valence-electron chi connectivity index (χ2n) is 5.74.